The molecule has 0 aromatic heterocycles. The molecule has 0 bridgehead atoms. The van der Waals surface area contributed by atoms with Gasteiger partial charge in [0.1, 0.15) is 6.61 Å². The van der Waals surface area contributed by atoms with Crippen molar-refractivity contribution < 1.29 is 19.4 Å². The van der Waals surface area contributed by atoms with Gasteiger partial charge in [0.25, 0.3) is 0 Å². The van der Waals surface area contributed by atoms with Crippen LogP contribution in [0.1, 0.15) is 32.8 Å². The van der Waals surface area contributed by atoms with E-state index in [1.54, 1.807) is 0 Å². The van der Waals surface area contributed by atoms with Crippen molar-refractivity contribution in [2.75, 3.05) is 13.2 Å². The lowest BCUT2D eigenvalue weighted by atomic mass is 9.99. The molecule has 1 aromatic rings. The zero-order valence-corrected chi connectivity index (χ0v) is 13.6. The summed E-state index contributed by atoms with van der Waals surface area (Å²) in [7, 11) is 0. The first kappa shape index (κ1) is 18.4. The average Bonchev–Trinajstić information content (AvgIpc) is 2.47. The van der Waals surface area contributed by atoms with E-state index in [1.807, 2.05) is 50.3 Å². The predicted octanol–water partition coefficient (Wildman–Crippen LogP) is 3.10. The van der Waals surface area contributed by atoms with Crippen molar-refractivity contribution in [2.45, 2.75) is 39.9 Å². The normalized spacial score (nSPS) is 14.5. The lowest BCUT2D eigenvalue weighted by molar-refractivity contribution is -0.139. The molecule has 22 heavy (non-hydrogen) atoms. The highest BCUT2D eigenvalue weighted by molar-refractivity contribution is 5.66. The molecule has 0 spiro atoms. The van der Waals surface area contributed by atoms with Crippen LogP contribution in [-0.2, 0) is 20.9 Å². The Hall–Kier alpha value is -1.65. The Labute approximate surface area is 132 Å². The number of rotatable bonds is 9. The Morgan fingerprint density at radius 1 is 1.27 bits per heavy atom. The Bertz CT molecular complexity index is 467. The minimum Gasteiger partial charge on any atom is -0.462 e. The fraction of sp³-hybridized carbons (Fsp3) is 0.500. The summed E-state index contributed by atoms with van der Waals surface area (Å²) >= 11 is 0. The highest BCUT2D eigenvalue weighted by Gasteiger charge is 2.15. The van der Waals surface area contributed by atoms with Gasteiger partial charge in [-0.1, -0.05) is 42.8 Å². The molecule has 0 unspecified atom stereocenters. The van der Waals surface area contributed by atoms with Crippen LogP contribution >= 0.6 is 0 Å². The Morgan fingerprint density at radius 3 is 2.59 bits per heavy atom. The highest BCUT2D eigenvalue weighted by Crippen LogP contribution is 2.14. The van der Waals surface area contributed by atoms with Crippen LogP contribution in [0.15, 0.2) is 42.0 Å². The van der Waals surface area contributed by atoms with Gasteiger partial charge in [-0.3, -0.25) is 4.79 Å². The summed E-state index contributed by atoms with van der Waals surface area (Å²) in [4.78, 5) is 10.7. The summed E-state index contributed by atoms with van der Waals surface area (Å²) in [6.07, 6.45) is 1.91. The third-order valence-corrected chi connectivity index (χ3v) is 3.40. The molecule has 4 heteroatoms. The molecule has 0 aliphatic carbocycles. The number of esters is 1. The standard InChI is InChI=1S/C18H26O4/c1-14(9-10-22-16(3)19)11-18(20)15(2)12-21-13-17-7-5-4-6-8-17/h4-9,15,18,20H,10-13H2,1-3H3/b14-9+/t15-,18-/m1/s1. The van der Waals surface area contributed by atoms with E-state index >= 15 is 0 Å². The van der Waals surface area contributed by atoms with E-state index in [-0.39, 0.29) is 18.5 Å². The molecule has 0 fully saturated rings. The number of aliphatic hydroxyl groups is 1. The molecule has 0 aliphatic heterocycles. The molecule has 0 heterocycles. The molecule has 1 rings (SSSR count). The van der Waals surface area contributed by atoms with Crippen LogP contribution < -0.4 is 0 Å². The minimum absolute atomic E-state index is 0.0424. The third kappa shape index (κ3) is 7.96. The van der Waals surface area contributed by atoms with Crippen LogP contribution in [0.3, 0.4) is 0 Å². The molecule has 0 saturated carbocycles. The molecule has 4 nitrogen and oxygen atoms in total. The van der Waals surface area contributed by atoms with Crippen molar-refractivity contribution in [1.29, 1.82) is 0 Å². The maximum absolute atomic E-state index is 10.7. The van der Waals surface area contributed by atoms with Gasteiger partial charge in [0.05, 0.1) is 19.3 Å². The summed E-state index contributed by atoms with van der Waals surface area (Å²) in [5.41, 5.74) is 2.13. The monoisotopic (exact) mass is 306 g/mol. The first-order valence-corrected chi connectivity index (χ1v) is 7.57. The molecular weight excluding hydrogens is 280 g/mol. The van der Waals surface area contributed by atoms with E-state index in [9.17, 15) is 9.90 Å². The van der Waals surface area contributed by atoms with Crippen molar-refractivity contribution in [1.82, 2.24) is 0 Å². The molecular formula is C18H26O4. The van der Waals surface area contributed by atoms with Crippen molar-refractivity contribution in [3.05, 3.63) is 47.5 Å². The molecule has 2 atom stereocenters. The van der Waals surface area contributed by atoms with Crippen molar-refractivity contribution in [3.8, 4) is 0 Å². The zero-order chi connectivity index (χ0) is 16.4. The van der Waals surface area contributed by atoms with E-state index in [4.69, 9.17) is 9.47 Å². The number of benzene rings is 1. The molecule has 0 aliphatic rings. The Morgan fingerprint density at radius 2 is 1.95 bits per heavy atom. The van der Waals surface area contributed by atoms with E-state index in [0.29, 0.717) is 19.6 Å². The van der Waals surface area contributed by atoms with Crippen molar-refractivity contribution >= 4 is 5.97 Å². The van der Waals surface area contributed by atoms with E-state index in [2.05, 4.69) is 0 Å². The quantitative estimate of drug-likeness (QED) is 0.562. The van der Waals surface area contributed by atoms with Gasteiger partial charge in [-0.15, -0.1) is 0 Å². The van der Waals surface area contributed by atoms with Gasteiger partial charge in [0.15, 0.2) is 0 Å². The fourth-order valence-electron chi connectivity index (χ4n) is 1.96. The zero-order valence-electron chi connectivity index (χ0n) is 13.6. The van der Waals surface area contributed by atoms with Crippen molar-refractivity contribution in [2.24, 2.45) is 5.92 Å². The van der Waals surface area contributed by atoms with Crippen LogP contribution in [0.25, 0.3) is 0 Å². The lowest BCUT2D eigenvalue weighted by Crippen LogP contribution is -2.22. The smallest absolute Gasteiger partial charge is 0.302 e. The van der Waals surface area contributed by atoms with Gasteiger partial charge in [-0.2, -0.15) is 0 Å². The molecule has 1 aromatic carbocycles. The van der Waals surface area contributed by atoms with Gasteiger partial charge in [0, 0.05) is 12.8 Å². The Kier molecular flexibility index (Phi) is 8.48. The topological polar surface area (TPSA) is 55.8 Å². The summed E-state index contributed by atoms with van der Waals surface area (Å²) < 4.78 is 10.5. The lowest BCUT2D eigenvalue weighted by Gasteiger charge is -2.19. The van der Waals surface area contributed by atoms with E-state index in [1.165, 1.54) is 6.92 Å². The van der Waals surface area contributed by atoms with Gasteiger partial charge in [-0.25, -0.2) is 0 Å². The maximum atomic E-state index is 10.7. The SMILES string of the molecule is CC(=O)OC/C=C(\C)C[C@@H](O)[C@H](C)COCc1ccccc1. The molecule has 0 saturated heterocycles. The summed E-state index contributed by atoms with van der Waals surface area (Å²) in [5.74, 6) is -0.256. The number of carbonyl (C=O) groups excluding carboxylic acids is 1. The van der Waals surface area contributed by atoms with E-state index in [0.717, 1.165) is 11.1 Å². The Balaban J connectivity index is 2.26. The summed E-state index contributed by atoms with van der Waals surface area (Å²) in [6, 6.07) is 9.97. The minimum atomic E-state index is -0.468. The second kappa shape index (κ2) is 10.1. The molecule has 1 N–H and O–H groups in total. The van der Waals surface area contributed by atoms with Gasteiger partial charge >= 0.3 is 5.97 Å². The number of aliphatic hydroxyl groups excluding tert-OH is 1. The number of hydrogen-bond acceptors (Lipinski definition) is 4. The third-order valence-electron chi connectivity index (χ3n) is 3.40. The van der Waals surface area contributed by atoms with Crippen LogP contribution in [0, 0.1) is 5.92 Å². The molecule has 0 radical (unpaired) electrons. The largest absolute Gasteiger partial charge is 0.462 e. The van der Waals surface area contributed by atoms with Gasteiger partial charge in [0.2, 0.25) is 0 Å². The maximum Gasteiger partial charge on any atom is 0.302 e. The number of hydrogen-bond donors (Lipinski definition) is 1. The van der Waals surface area contributed by atoms with E-state index < -0.39 is 6.10 Å². The second-order valence-electron chi connectivity index (χ2n) is 5.60. The van der Waals surface area contributed by atoms with Gasteiger partial charge in [-0.05, 0) is 25.0 Å². The summed E-state index contributed by atoms with van der Waals surface area (Å²) in [6.45, 7) is 6.59. The average molecular weight is 306 g/mol. The van der Waals surface area contributed by atoms with Crippen LogP contribution in [0.2, 0.25) is 0 Å². The summed E-state index contributed by atoms with van der Waals surface area (Å²) in [5, 5.41) is 10.2. The predicted molar refractivity (Wildman–Crippen MR) is 86.3 cm³/mol. The fourth-order valence-corrected chi connectivity index (χ4v) is 1.96. The first-order valence-electron chi connectivity index (χ1n) is 7.57. The van der Waals surface area contributed by atoms with Crippen LogP contribution in [0.4, 0.5) is 0 Å². The molecule has 0 amide bonds. The van der Waals surface area contributed by atoms with Crippen molar-refractivity contribution in [3.63, 3.8) is 0 Å². The highest BCUT2D eigenvalue weighted by atomic mass is 16.5. The van der Waals surface area contributed by atoms with Gasteiger partial charge < -0.3 is 14.6 Å². The first-order chi connectivity index (χ1) is 10.5. The number of ether oxygens (including phenoxy) is 2. The second-order valence-corrected chi connectivity index (χ2v) is 5.60. The molecule has 122 valence electrons. The van der Waals surface area contributed by atoms with Crippen LogP contribution in [-0.4, -0.2) is 30.4 Å². The van der Waals surface area contributed by atoms with Crippen LogP contribution in [0.5, 0.6) is 0 Å². The number of carbonyl (C=O) groups is 1.